The predicted molar refractivity (Wildman–Crippen MR) is 106 cm³/mol. The minimum absolute atomic E-state index is 0.400. The van der Waals surface area contributed by atoms with Crippen LogP contribution in [-0.4, -0.2) is 44.2 Å². The molecule has 5 heteroatoms. The lowest BCUT2D eigenvalue weighted by Gasteiger charge is -2.22. The second-order valence-electron chi connectivity index (χ2n) is 7.28. The smallest absolute Gasteiger partial charge is 0.159 e. The number of nitrogens with one attached hydrogen (secondary N) is 1. The first-order valence-corrected chi connectivity index (χ1v) is 9.58. The first-order chi connectivity index (χ1) is 13.3. The molecule has 0 spiro atoms. The third-order valence-electron chi connectivity index (χ3n) is 5.74. The Balaban J connectivity index is 1.46. The molecule has 27 heavy (non-hydrogen) atoms. The Hall–Kier alpha value is -2.53. The van der Waals surface area contributed by atoms with Crippen molar-refractivity contribution in [3.63, 3.8) is 0 Å². The third-order valence-corrected chi connectivity index (χ3v) is 5.74. The summed E-state index contributed by atoms with van der Waals surface area (Å²) in [6.45, 7) is 1.96. The van der Waals surface area contributed by atoms with Crippen LogP contribution in [0.2, 0.25) is 0 Å². The lowest BCUT2D eigenvalue weighted by Crippen LogP contribution is -2.31. The Kier molecular flexibility index (Phi) is 5.30. The van der Waals surface area contributed by atoms with Gasteiger partial charge < -0.3 is 19.6 Å². The molecule has 2 aliphatic heterocycles. The van der Waals surface area contributed by atoms with Gasteiger partial charge in [0.25, 0.3) is 0 Å². The van der Waals surface area contributed by atoms with E-state index >= 15 is 0 Å². The maximum Gasteiger partial charge on any atom is 0.159 e. The van der Waals surface area contributed by atoms with Crippen molar-refractivity contribution in [2.75, 3.05) is 32.2 Å². The number of hydrogen-bond donors (Lipinski definition) is 1. The molecule has 4 rings (SSSR count). The van der Waals surface area contributed by atoms with Gasteiger partial charge in [-0.05, 0) is 54.5 Å². The van der Waals surface area contributed by atoms with Gasteiger partial charge in [0.05, 0.1) is 19.3 Å². The molecule has 1 fully saturated rings. The Bertz CT molecular complexity index is 808. The van der Waals surface area contributed by atoms with Crippen molar-refractivity contribution in [1.82, 2.24) is 4.90 Å². The molecule has 5 nitrogen and oxygen atoms in total. The molecule has 0 aliphatic carbocycles. The van der Waals surface area contributed by atoms with Gasteiger partial charge in [0, 0.05) is 12.6 Å². The van der Waals surface area contributed by atoms with Gasteiger partial charge >= 0.3 is 0 Å². The Morgan fingerprint density at radius 1 is 1.30 bits per heavy atom. The summed E-state index contributed by atoms with van der Waals surface area (Å²) in [4.78, 5) is 13.5. The maximum absolute atomic E-state index is 11.2. The number of nitrogens with zero attached hydrogens (tertiary/aromatic N) is 1. The van der Waals surface area contributed by atoms with Crippen LogP contribution in [0.5, 0.6) is 11.5 Å². The van der Waals surface area contributed by atoms with Crippen LogP contribution in [-0.2, 0) is 11.2 Å². The highest BCUT2D eigenvalue weighted by molar-refractivity contribution is 5.60. The van der Waals surface area contributed by atoms with Crippen LogP contribution in [0.1, 0.15) is 29.9 Å². The number of aldehydes is 1. The van der Waals surface area contributed by atoms with Crippen molar-refractivity contribution in [2.45, 2.75) is 31.2 Å². The van der Waals surface area contributed by atoms with Gasteiger partial charge in [0.2, 0.25) is 0 Å². The van der Waals surface area contributed by atoms with E-state index in [-0.39, 0.29) is 0 Å². The summed E-state index contributed by atoms with van der Waals surface area (Å²) in [5.74, 6) is 2.31. The number of anilines is 1. The molecular weight excluding hydrogens is 340 g/mol. The SMILES string of the molecule is COc1ccccc1CCC1CC(c2ccc3c(c2)OCN3)CN1CC=O. The topological polar surface area (TPSA) is 50.8 Å². The van der Waals surface area contributed by atoms with E-state index in [4.69, 9.17) is 9.47 Å². The molecule has 2 atom stereocenters. The zero-order valence-electron chi connectivity index (χ0n) is 15.7. The summed E-state index contributed by atoms with van der Waals surface area (Å²) in [5.41, 5.74) is 3.59. The number of aryl methyl sites for hydroxylation is 1. The fourth-order valence-electron chi connectivity index (χ4n) is 4.33. The molecule has 0 radical (unpaired) electrons. The van der Waals surface area contributed by atoms with Crippen molar-refractivity contribution in [3.8, 4) is 11.5 Å². The standard InChI is InChI=1S/C22H26N2O3/c1-26-21-5-3-2-4-16(21)6-8-19-12-18(14-24(19)10-11-25)17-7-9-20-22(13-17)27-15-23-20/h2-5,7,9,11,13,18-19,23H,6,8,10,12,14-15H2,1H3. The highest BCUT2D eigenvalue weighted by Gasteiger charge is 2.33. The van der Waals surface area contributed by atoms with Crippen molar-refractivity contribution in [2.24, 2.45) is 0 Å². The molecule has 2 aromatic rings. The summed E-state index contributed by atoms with van der Waals surface area (Å²) in [6.07, 6.45) is 4.06. The van der Waals surface area contributed by atoms with E-state index < -0.39 is 0 Å². The molecular formula is C22H26N2O3. The zero-order valence-corrected chi connectivity index (χ0v) is 15.7. The van der Waals surface area contributed by atoms with E-state index in [0.29, 0.717) is 25.2 Å². The van der Waals surface area contributed by atoms with Gasteiger partial charge in [-0.25, -0.2) is 0 Å². The quantitative estimate of drug-likeness (QED) is 0.761. The van der Waals surface area contributed by atoms with Gasteiger partial charge in [0.15, 0.2) is 6.73 Å². The molecule has 0 aromatic heterocycles. The largest absolute Gasteiger partial charge is 0.496 e. The van der Waals surface area contributed by atoms with Crippen LogP contribution in [0.3, 0.4) is 0 Å². The molecule has 1 N–H and O–H groups in total. The van der Waals surface area contributed by atoms with Gasteiger partial charge in [0.1, 0.15) is 17.8 Å². The Morgan fingerprint density at radius 2 is 2.19 bits per heavy atom. The monoisotopic (exact) mass is 366 g/mol. The van der Waals surface area contributed by atoms with E-state index in [0.717, 1.165) is 49.3 Å². The molecule has 2 aliphatic rings. The first-order valence-electron chi connectivity index (χ1n) is 9.58. The number of carbonyl (C=O) groups excluding carboxylic acids is 1. The van der Waals surface area contributed by atoms with Crippen LogP contribution < -0.4 is 14.8 Å². The van der Waals surface area contributed by atoms with E-state index in [9.17, 15) is 4.79 Å². The average molecular weight is 366 g/mol. The van der Waals surface area contributed by atoms with E-state index in [1.807, 2.05) is 12.1 Å². The molecule has 142 valence electrons. The van der Waals surface area contributed by atoms with Crippen molar-refractivity contribution in [3.05, 3.63) is 53.6 Å². The summed E-state index contributed by atoms with van der Waals surface area (Å²) >= 11 is 0. The molecule has 2 heterocycles. The first kappa shape index (κ1) is 17.9. The summed E-state index contributed by atoms with van der Waals surface area (Å²) in [7, 11) is 1.72. The number of para-hydroxylation sites is 1. The minimum atomic E-state index is 0.400. The number of hydrogen-bond acceptors (Lipinski definition) is 5. The normalized spacial score (nSPS) is 21.4. The Morgan fingerprint density at radius 3 is 3.04 bits per heavy atom. The van der Waals surface area contributed by atoms with Crippen molar-refractivity contribution in [1.29, 1.82) is 0 Å². The second kappa shape index (κ2) is 8.01. The molecule has 1 saturated heterocycles. The maximum atomic E-state index is 11.2. The Labute approximate surface area is 160 Å². The summed E-state index contributed by atoms with van der Waals surface area (Å²) in [5, 5.41) is 3.21. The van der Waals surface area contributed by atoms with Crippen LogP contribution in [0, 0.1) is 0 Å². The van der Waals surface area contributed by atoms with Gasteiger partial charge in [-0.1, -0.05) is 24.3 Å². The van der Waals surface area contributed by atoms with Crippen LogP contribution in [0.15, 0.2) is 42.5 Å². The highest BCUT2D eigenvalue weighted by atomic mass is 16.5. The number of carbonyl (C=O) groups is 1. The molecule has 2 aromatic carbocycles. The lowest BCUT2D eigenvalue weighted by molar-refractivity contribution is -0.109. The van der Waals surface area contributed by atoms with Crippen molar-refractivity contribution < 1.29 is 14.3 Å². The fourth-order valence-corrected chi connectivity index (χ4v) is 4.33. The molecule has 0 bridgehead atoms. The van der Waals surface area contributed by atoms with E-state index in [1.54, 1.807) is 7.11 Å². The molecule has 2 unspecified atom stereocenters. The number of methoxy groups -OCH3 is 1. The number of rotatable bonds is 7. The molecule has 0 amide bonds. The number of likely N-dealkylation sites (tertiary alicyclic amines) is 1. The van der Waals surface area contributed by atoms with E-state index in [2.05, 4.69) is 40.5 Å². The number of fused-ring (bicyclic) bond motifs is 1. The summed E-state index contributed by atoms with van der Waals surface area (Å²) in [6, 6.07) is 15.0. The third kappa shape index (κ3) is 3.78. The van der Waals surface area contributed by atoms with Gasteiger partial charge in [-0.3, -0.25) is 4.90 Å². The van der Waals surface area contributed by atoms with Gasteiger partial charge in [-0.2, -0.15) is 0 Å². The number of ether oxygens (including phenoxy) is 2. The van der Waals surface area contributed by atoms with E-state index in [1.165, 1.54) is 11.1 Å². The predicted octanol–water partition coefficient (Wildman–Crippen LogP) is 3.45. The average Bonchev–Trinajstić information content (AvgIpc) is 3.33. The molecule has 0 saturated carbocycles. The fraction of sp³-hybridized carbons (Fsp3) is 0.409. The highest BCUT2D eigenvalue weighted by Crippen LogP contribution is 2.38. The second-order valence-corrected chi connectivity index (χ2v) is 7.28. The summed E-state index contributed by atoms with van der Waals surface area (Å²) < 4.78 is 11.1. The lowest BCUT2D eigenvalue weighted by atomic mass is 9.93. The van der Waals surface area contributed by atoms with Crippen LogP contribution in [0.4, 0.5) is 5.69 Å². The zero-order chi connectivity index (χ0) is 18.6. The number of benzene rings is 2. The van der Waals surface area contributed by atoms with Crippen molar-refractivity contribution >= 4 is 12.0 Å². The van der Waals surface area contributed by atoms with Gasteiger partial charge in [-0.15, -0.1) is 0 Å². The minimum Gasteiger partial charge on any atom is -0.496 e. The van der Waals surface area contributed by atoms with Crippen LogP contribution in [0.25, 0.3) is 0 Å². The van der Waals surface area contributed by atoms with Crippen LogP contribution >= 0.6 is 0 Å².